The second-order valence-corrected chi connectivity index (χ2v) is 11.5. The third-order valence-electron chi connectivity index (χ3n) is 6.78. The molecule has 0 saturated carbocycles. The Kier molecular flexibility index (Phi) is 10.2. The molecule has 9 heteroatoms. The zero-order valence-electron chi connectivity index (χ0n) is 22.9. The minimum Gasteiger partial charge on any atom is -0.357 e. The Balaban J connectivity index is 1.86. The number of benzene rings is 3. The van der Waals surface area contributed by atoms with Crippen molar-refractivity contribution in [1.29, 1.82) is 0 Å². The van der Waals surface area contributed by atoms with Gasteiger partial charge in [-0.25, -0.2) is 12.8 Å². The Hall–Kier alpha value is -3.72. The van der Waals surface area contributed by atoms with E-state index in [0.717, 1.165) is 22.9 Å². The summed E-state index contributed by atoms with van der Waals surface area (Å²) in [5, 5.41) is 2.66. The van der Waals surface area contributed by atoms with Crippen LogP contribution in [0.25, 0.3) is 0 Å². The summed E-state index contributed by atoms with van der Waals surface area (Å²) in [6.45, 7) is 4.01. The molecule has 7 nitrogen and oxygen atoms in total. The summed E-state index contributed by atoms with van der Waals surface area (Å²) in [6, 6.07) is 19.9. The summed E-state index contributed by atoms with van der Waals surface area (Å²) in [5.41, 5.74) is 3.98. The Labute approximate surface area is 230 Å². The zero-order chi connectivity index (χ0) is 28.6. The first kappa shape index (κ1) is 29.8. The Morgan fingerprint density at radius 1 is 0.923 bits per heavy atom. The maximum absolute atomic E-state index is 13.7. The van der Waals surface area contributed by atoms with Gasteiger partial charge in [0.2, 0.25) is 21.8 Å². The van der Waals surface area contributed by atoms with Crippen molar-refractivity contribution in [3.05, 3.63) is 101 Å². The van der Waals surface area contributed by atoms with Gasteiger partial charge in [0.15, 0.2) is 0 Å². The molecule has 0 saturated heterocycles. The summed E-state index contributed by atoms with van der Waals surface area (Å²) in [7, 11) is -2.07. The molecule has 0 spiro atoms. The predicted molar refractivity (Wildman–Crippen MR) is 152 cm³/mol. The standard InChI is InChI=1S/C30H36FN3O4S/c1-22-10-8-13-27(23(22)2)34(39(4,37)38)19-9-14-29(35)33(21-25-15-17-26(31)18-16-25)28(30(36)32-3)20-24-11-6-5-7-12-24/h5-8,10-13,15-18,28H,9,14,19-21H2,1-4H3,(H,32,36). The number of anilines is 1. The summed E-state index contributed by atoms with van der Waals surface area (Å²) < 4.78 is 40.2. The van der Waals surface area contributed by atoms with E-state index in [1.165, 1.54) is 28.4 Å². The Bertz CT molecular complexity index is 1380. The van der Waals surface area contributed by atoms with E-state index in [4.69, 9.17) is 0 Å². The first-order valence-electron chi connectivity index (χ1n) is 12.8. The molecule has 0 aliphatic heterocycles. The highest BCUT2D eigenvalue weighted by Crippen LogP contribution is 2.26. The van der Waals surface area contributed by atoms with E-state index < -0.39 is 21.9 Å². The van der Waals surface area contributed by atoms with E-state index in [2.05, 4.69) is 5.32 Å². The number of aryl methyl sites for hydroxylation is 1. The number of sulfonamides is 1. The SMILES string of the molecule is CNC(=O)C(Cc1ccccc1)N(Cc1ccc(F)cc1)C(=O)CCCN(c1cccc(C)c1C)S(C)(=O)=O. The third-order valence-corrected chi connectivity index (χ3v) is 7.96. The summed E-state index contributed by atoms with van der Waals surface area (Å²) in [6.07, 6.45) is 1.73. The van der Waals surface area contributed by atoms with Crippen LogP contribution in [0.3, 0.4) is 0 Å². The molecular formula is C30H36FN3O4S. The van der Waals surface area contributed by atoms with Crippen LogP contribution >= 0.6 is 0 Å². The molecule has 0 fully saturated rings. The van der Waals surface area contributed by atoms with E-state index in [-0.39, 0.29) is 37.7 Å². The first-order valence-corrected chi connectivity index (χ1v) is 14.7. The summed E-state index contributed by atoms with van der Waals surface area (Å²) in [4.78, 5) is 28.2. The number of nitrogens with zero attached hydrogens (tertiary/aromatic N) is 2. The van der Waals surface area contributed by atoms with E-state index >= 15 is 0 Å². The molecule has 3 aromatic carbocycles. The van der Waals surface area contributed by atoms with Crippen LogP contribution in [0.4, 0.5) is 10.1 Å². The predicted octanol–water partition coefficient (Wildman–Crippen LogP) is 4.37. The van der Waals surface area contributed by atoms with Crippen LogP contribution in [0.5, 0.6) is 0 Å². The largest absolute Gasteiger partial charge is 0.357 e. The van der Waals surface area contributed by atoms with Crippen molar-refractivity contribution >= 4 is 27.5 Å². The molecule has 1 atom stereocenters. The lowest BCUT2D eigenvalue weighted by Crippen LogP contribution is -2.49. The second kappa shape index (κ2) is 13.4. The van der Waals surface area contributed by atoms with Crippen LogP contribution < -0.4 is 9.62 Å². The number of amides is 2. The molecule has 208 valence electrons. The molecule has 3 rings (SSSR count). The average Bonchev–Trinajstić information content (AvgIpc) is 2.91. The molecule has 1 unspecified atom stereocenters. The summed E-state index contributed by atoms with van der Waals surface area (Å²) in [5.74, 6) is -1.00. The molecule has 0 bridgehead atoms. The minimum atomic E-state index is -3.59. The highest BCUT2D eigenvalue weighted by atomic mass is 32.2. The van der Waals surface area contributed by atoms with Crippen LogP contribution in [0, 0.1) is 19.7 Å². The molecule has 1 N–H and O–H groups in total. The Morgan fingerprint density at radius 2 is 1.59 bits per heavy atom. The van der Waals surface area contributed by atoms with Gasteiger partial charge in [-0.05, 0) is 60.7 Å². The van der Waals surface area contributed by atoms with Gasteiger partial charge in [0.05, 0.1) is 11.9 Å². The fourth-order valence-electron chi connectivity index (χ4n) is 4.50. The lowest BCUT2D eigenvalue weighted by atomic mass is 10.0. The van der Waals surface area contributed by atoms with E-state index in [0.29, 0.717) is 17.7 Å². The van der Waals surface area contributed by atoms with Gasteiger partial charge in [0.1, 0.15) is 11.9 Å². The number of carbonyl (C=O) groups is 2. The van der Waals surface area contributed by atoms with Crippen molar-refractivity contribution in [3.8, 4) is 0 Å². The first-order chi connectivity index (χ1) is 18.5. The van der Waals surface area contributed by atoms with Crippen LogP contribution in [0.1, 0.15) is 35.1 Å². The second-order valence-electron chi connectivity index (χ2n) is 9.63. The van der Waals surface area contributed by atoms with Crippen molar-refractivity contribution in [2.45, 2.75) is 45.7 Å². The average molecular weight is 554 g/mol. The maximum atomic E-state index is 13.7. The van der Waals surface area contributed by atoms with Crippen molar-refractivity contribution in [2.24, 2.45) is 0 Å². The normalized spacial score (nSPS) is 12.0. The van der Waals surface area contributed by atoms with Crippen molar-refractivity contribution in [3.63, 3.8) is 0 Å². The minimum absolute atomic E-state index is 0.0281. The molecule has 0 aliphatic carbocycles. The van der Waals surface area contributed by atoms with Gasteiger partial charge in [-0.15, -0.1) is 0 Å². The molecular weight excluding hydrogens is 517 g/mol. The number of rotatable bonds is 12. The molecule has 0 radical (unpaired) electrons. The smallest absolute Gasteiger partial charge is 0.242 e. The molecule has 0 aromatic heterocycles. The van der Waals surface area contributed by atoms with E-state index in [1.54, 1.807) is 18.2 Å². The zero-order valence-corrected chi connectivity index (χ0v) is 23.7. The number of nitrogens with one attached hydrogen (secondary N) is 1. The van der Waals surface area contributed by atoms with Gasteiger partial charge in [-0.1, -0.05) is 54.6 Å². The fourth-order valence-corrected chi connectivity index (χ4v) is 5.51. The molecule has 2 amide bonds. The van der Waals surface area contributed by atoms with Gasteiger partial charge in [0.25, 0.3) is 0 Å². The molecule has 0 heterocycles. The van der Waals surface area contributed by atoms with E-state index in [9.17, 15) is 22.4 Å². The van der Waals surface area contributed by atoms with Gasteiger partial charge < -0.3 is 10.2 Å². The van der Waals surface area contributed by atoms with Crippen molar-refractivity contribution in [2.75, 3.05) is 24.2 Å². The quantitative estimate of drug-likeness (QED) is 0.361. The molecule has 39 heavy (non-hydrogen) atoms. The number of carbonyl (C=O) groups excluding carboxylic acids is 2. The number of hydrogen-bond donors (Lipinski definition) is 1. The monoisotopic (exact) mass is 553 g/mol. The lowest BCUT2D eigenvalue weighted by Gasteiger charge is -2.31. The van der Waals surface area contributed by atoms with Crippen LogP contribution in [-0.2, 0) is 32.6 Å². The molecule has 3 aromatic rings. The van der Waals surface area contributed by atoms with Crippen molar-refractivity contribution < 1.29 is 22.4 Å². The number of likely N-dealkylation sites (N-methyl/N-ethyl adjacent to an activating group) is 1. The van der Waals surface area contributed by atoms with Gasteiger partial charge >= 0.3 is 0 Å². The van der Waals surface area contributed by atoms with Crippen LogP contribution in [0.15, 0.2) is 72.8 Å². The van der Waals surface area contributed by atoms with Gasteiger partial charge in [-0.2, -0.15) is 0 Å². The maximum Gasteiger partial charge on any atom is 0.242 e. The van der Waals surface area contributed by atoms with Gasteiger partial charge in [0, 0.05) is 33.0 Å². The van der Waals surface area contributed by atoms with E-state index in [1.807, 2.05) is 56.3 Å². The molecule has 0 aliphatic rings. The van der Waals surface area contributed by atoms with Crippen molar-refractivity contribution in [1.82, 2.24) is 10.2 Å². The number of halogens is 1. The Morgan fingerprint density at radius 3 is 2.21 bits per heavy atom. The topological polar surface area (TPSA) is 86.8 Å². The van der Waals surface area contributed by atoms with Crippen LogP contribution in [0.2, 0.25) is 0 Å². The summed E-state index contributed by atoms with van der Waals surface area (Å²) >= 11 is 0. The highest BCUT2D eigenvalue weighted by Gasteiger charge is 2.30. The number of hydrogen-bond acceptors (Lipinski definition) is 4. The fraction of sp³-hybridized carbons (Fsp3) is 0.333. The lowest BCUT2D eigenvalue weighted by molar-refractivity contribution is -0.141. The van der Waals surface area contributed by atoms with Gasteiger partial charge in [-0.3, -0.25) is 13.9 Å². The highest BCUT2D eigenvalue weighted by molar-refractivity contribution is 7.92. The van der Waals surface area contributed by atoms with Crippen LogP contribution in [-0.4, -0.2) is 51.0 Å². The third kappa shape index (κ3) is 8.13.